The van der Waals surface area contributed by atoms with E-state index in [0.717, 1.165) is 11.1 Å². The lowest BCUT2D eigenvalue weighted by Crippen LogP contribution is -2.21. The molecule has 0 aliphatic rings. The number of hydrogen-bond donors (Lipinski definition) is 0. The lowest BCUT2D eigenvalue weighted by Gasteiger charge is -2.10. The van der Waals surface area contributed by atoms with Crippen molar-refractivity contribution < 1.29 is 9.53 Å². The van der Waals surface area contributed by atoms with Crippen molar-refractivity contribution in [1.82, 2.24) is 9.38 Å². The van der Waals surface area contributed by atoms with Gasteiger partial charge in [0.25, 0.3) is 5.56 Å². The molecule has 1 aromatic carbocycles. The molecule has 5 nitrogen and oxygen atoms in total. The van der Waals surface area contributed by atoms with Crippen LogP contribution in [0.2, 0.25) is 0 Å². The van der Waals surface area contributed by atoms with E-state index < -0.39 is 5.56 Å². The third-order valence-corrected chi connectivity index (χ3v) is 3.40. The molecule has 3 aromatic rings. The summed E-state index contributed by atoms with van der Waals surface area (Å²) in [7, 11) is 0. The Morgan fingerprint density at radius 3 is 2.55 bits per heavy atom. The Morgan fingerprint density at radius 1 is 1.14 bits per heavy atom. The molecule has 22 heavy (non-hydrogen) atoms. The molecule has 0 N–H and O–H groups in total. The average molecular weight is 294 g/mol. The normalized spacial score (nSPS) is 10.6. The Kier molecular flexibility index (Phi) is 3.47. The first-order valence-corrected chi connectivity index (χ1v) is 6.82. The number of fused-ring (bicyclic) bond motifs is 1. The summed E-state index contributed by atoms with van der Waals surface area (Å²) in [5, 5.41) is 0. The number of aldehydes is 1. The van der Waals surface area contributed by atoms with E-state index in [1.54, 1.807) is 24.4 Å². The molecule has 0 unspecified atom stereocenters. The number of carbonyl (C=O) groups excluding carboxylic acids is 1. The fourth-order valence-electron chi connectivity index (χ4n) is 2.19. The van der Waals surface area contributed by atoms with Gasteiger partial charge in [0.15, 0.2) is 6.29 Å². The number of aromatic nitrogens is 2. The van der Waals surface area contributed by atoms with Gasteiger partial charge in [0.05, 0.1) is 0 Å². The standard InChI is InChI=1S/C17H14N2O3/c1-11-5-7-13(8-6-11)22-16-14(10-20)17(21)19-9-3-4-12(2)15(19)18-16/h3-10H,1-2H3. The Hall–Kier alpha value is -2.95. The van der Waals surface area contributed by atoms with Crippen molar-refractivity contribution in [3.63, 3.8) is 0 Å². The summed E-state index contributed by atoms with van der Waals surface area (Å²) in [5.41, 5.74) is 1.85. The Bertz CT molecular complexity index is 912. The molecule has 2 aromatic heterocycles. The number of rotatable bonds is 3. The maximum atomic E-state index is 12.4. The van der Waals surface area contributed by atoms with Crippen LogP contribution in [0.25, 0.3) is 5.65 Å². The van der Waals surface area contributed by atoms with Crippen LogP contribution in [0.1, 0.15) is 21.5 Å². The van der Waals surface area contributed by atoms with Gasteiger partial charge in [-0.05, 0) is 37.6 Å². The van der Waals surface area contributed by atoms with Crippen molar-refractivity contribution in [3.8, 4) is 11.6 Å². The highest BCUT2D eigenvalue weighted by Gasteiger charge is 2.15. The third kappa shape index (κ3) is 2.37. The van der Waals surface area contributed by atoms with Crippen LogP contribution in [0.4, 0.5) is 0 Å². The van der Waals surface area contributed by atoms with Crippen LogP contribution in [0.5, 0.6) is 11.6 Å². The Balaban J connectivity index is 2.20. The zero-order valence-electron chi connectivity index (χ0n) is 12.2. The van der Waals surface area contributed by atoms with E-state index in [9.17, 15) is 9.59 Å². The minimum Gasteiger partial charge on any atom is -0.438 e. The monoisotopic (exact) mass is 294 g/mol. The van der Waals surface area contributed by atoms with Crippen LogP contribution in [-0.4, -0.2) is 15.7 Å². The molecule has 0 aliphatic carbocycles. The zero-order chi connectivity index (χ0) is 15.7. The molecular weight excluding hydrogens is 280 g/mol. The van der Waals surface area contributed by atoms with Gasteiger partial charge in [0.2, 0.25) is 5.88 Å². The van der Waals surface area contributed by atoms with Crippen molar-refractivity contribution in [2.24, 2.45) is 0 Å². The Labute approximate surface area is 126 Å². The maximum absolute atomic E-state index is 12.4. The SMILES string of the molecule is Cc1ccc(Oc2nc3c(C)cccn3c(=O)c2C=O)cc1. The molecule has 0 saturated carbocycles. The minimum absolute atomic E-state index is 0.0261. The van der Waals surface area contributed by atoms with E-state index in [-0.39, 0.29) is 11.4 Å². The molecule has 0 saturated heterocycles. The minimum atomic E-state index is -0.439. The number of hydrogen-bond acceptors (Lipinski definition) is 4. The first-order valence-electron chi connectivity index (χ1n) is 6.82. The summed E-state index contributed by atoms with van der Waals surface area (Å²) in [5.74, 6) is 0.552. The molecule has 0 atom stereocenters. The number of pyridine rings is 1. The molecule has 0 bridgehead atoms. The number of ether oxygens (including phenoxy) is 1. The van der Waals surface area contributed by atoms with Gasteiger partial charge in [-0.3, -0.25) is 14.0 Å². The second-order valence-corrected chi connectivity index (χ2v) is 5.05. The van der Waals surface area contributed by atoms with Gasteiger partial charge in [-0.2, -0.15) is 4.98 Å². The second-order valence-electron chi connectivity index (χ2n) is 5.05. The van der Waals surface area contributed by atoms with Gasteiger partial charge < -0.3 is 4.74 Å². The molecule has 3 rings (SSSR count). The van der Waals surface area contributed by atoms with Crippen molar-refractivity contribution in [2.75, 3.05) is 0 Å². The molecule has 110 valence electrons. The van der Waals surface area contributed by atoms with E-state index in [1.165, 1.54) is 4.40 Å². The van der Waals surface area contributed by atoms with Crippen molar-refractivity contribution in [3.05, 3.63) is 69.6 Å². The maximum Gasteiger partial charge on any atom is 0.272 e. The van der Waals surface area contributed by atoms with Crippen molar-refractivity contribution >= 4 is 11.9 Å². The summed E-state index contributed by atoms with van der Waals surface area (Å²) >= 11 is 0. The van der Waals surface area contributed by atoms with E-state index >= 15 is 0 Å². The fourth-order valence-corrected chi connectivity index (χ4v) is 2.19. The Morgan fingerprint density at radius 2 is 1.86 bits per heavy atom. The van der Waals surface area contributed by atoms with Crippen LogP contribution in [0, 0.1) is 13.8 Å². The lowest BCUT2D eigenvalue weighted by molar-refractivity contribution is 0.111. The highest BCUT2D eigenvalue weighted by molar-refractivity contribution is 5.78. The van der Waals surface area contributed by atoms with E-state index in [2.05, 4.69) is 4.98 Å². The van der Waals surface area contributed by atoms with Gasteiger partial charge in [-0.1, -0.05) is 23.8 Å². The van der Waals surface area contributed by atoms with Crippen molar-refractivity contribution in [1.29, 1.82) is 0 Å². The quantitative estimate of drug-likeness (QED) is 0.697. The number of nitrogens with zero attached hydrogens (tertiary/aromatic N) is 2. The zero-order valence-corrected chi connectivity index (χ0v) is 12.2. The van der Waals surface area contributed by atoms with Crippen LogP contribution in [0.3, 0.4) is 0 Å². The van der Waals surface area contributed by atoms with E-state index in [1.807, 2.05) is 32.0 Å². The predicted octanol–water partition coefficient (Wildman–Crippen LogP) is 2.92. The van der Waals surface area contributed by atoms with E-state index in [4.69, 9.17) is 4.74 Å². The molecule has 5 heteroatoms. The van der Waals surface area contributed by atoms with Crippen LogP contribution in [-0.2, 0) is 0 Å². The van der Waals surface area contributed by atoms with Crippen LogP contribution < -0.4 is 10.3 Å². The highest BCUT2D eigenvalue weighted by Crippen LogP contribution is 2.22. The summed E-state index contributed by atoms with van der Waals surface area (Å²) in [4.78, 5) is 28.0. The first-order chi connectivity index (χ1) is 10.6. The first kappa shape index (κ1) is 14.0. The lowest BCUT2D eigenvalue weighted by atomic mass is 10.2. The largest absolute Gasteiger partial charge is 0.438 e. The number of aryl methyl sites for hydroxylation is 2. The van der Waals surface area contributed by atoms with Crippen LogP contribution in [0.15, 0.2) is 47.4 Å². The number of carbonyl (C=O) groups is 1. The molecule has 0 radical (unpaired) electrons. The smallest absolute Gasteiger partial charge is 0.272 e. The highest BCUT2D eigenvalue weighted by atomic mass is 16.5. The topological polar surface area (TPSA) is 60.7 Å². The molecule has 0 aliphatic heterocycles. The fraction of sp³-hybridized carbons (Fsp3) is 0.118. The molecule has 0 spiro atoms. The number of benzene rings is 1. The molecule has 0 amide bonds. The predicted molar refractivity (Wildman–Crippen MR) is 82.8 cm³/mol. The summed E-state index contributed by atoms with van der Waals surface area (Å²) < 4.78 is 6.99. The third-order valence-electron chi connectivity index (χ3n) is 3.40. The van der Waals surface area contributed by atoms with Gasteiger partial charge >= 0.3 is 0 Å². The summed E-state index contributed by atoms with van der Waals surface area (Å²) in [6.45, 7) is 3.81. The van der Waals surface area contributed by atoms with Gasteiger partial charge in [-0.25, -0.2) is 0 Å². The summed E-state index contributed by atoms with van der Waals surface area (Å²) in [6, 6.07) is 10.9. The van der Waals surface area contributed by atoms with Gasteiger partial charge in [0, 0.05) is 6.20 Å². The van der Waals surface area contributed by atoms with Crippen LogP contribution >= 0.6 is 0 Å². The molecular formula is C17H14N2O3. The van der Waals surface area contributed by atoms with Crippen molar-refractivity contribution in [2.45, 2.75) is 13.8 Å². The van der Waals surface area contributed by atoms with Gasteiger partial charge in [-0.15, -0.1) is 0 Å². The molecule has 2 heterocycles. The van der Waals surface area contributed by atoms with Gasteiger partial charge in [0.1, 0.15) is 17.0 Å². The molecule has 0 fully saturated rings. The van der Waals surface area contributed by atoms with E-state index in [0.29, 0.717) is 17.7 Å². The average Bonchev–Trinajstić information content (AvgIpc) is 2.51. The summed E-state index contributed by atoms with van der Waals surface area (Å²) in [6.07, 6.45) is 2.06. The second kappa shape index (κ2) is 5.44.